The van der Waals surface area contributed by atoms with E-state index in [1.165, 1.54) is 44.5 Å². The van der Waals surface area contributed by atoms with Gasteiger partial charge in [-0.3, -0.25) is 0 Å². The molecule has 1 aliphatic rings. The summed E-state index contributed by atoms with van der Waals surface area (Å²) in [5.41, 5.74) is -0.106. The number of carboxylic acids is 1. The molecule has 0 atom stereocenters. The lowest BCUT2D eigenvalue weighted by atomic mass is 10.1. The number of carboxylic acid groups (broad SMARTS) is 1. The van der Waals surface area contributed by atoms with Gasteiger partial charge in [0, 0.05) is 12.6 Å². The molecule has 1 aromatic rings. The lowest BCUT2D eigenvalue weighted by molar-refractivity contribution is 0.0693. The summed E-state index contributed by atoms with van der Waals surface area (Å²) < 4.78 is 5.53. The van der Waals surface area contributed by atoms with Gasteiger partial charge in [0.2, 0.25) is 0 Å². The lowest BCUT2D eigenvalue weighted by Crippen LogP contribution is -2.31. The maximum atomic E-state index is 10.8. The summed E-state index contributed by atoms with van der Waals surface area (Å²) in [6.45, 7) is 3.95. The van der Waals surface area contributed by atoms with Gasteiger partial charge >= 0.3 is 5.97 Å². The van der Waals surface area contributed by atoms with E-state index in [-0.39, 0.29) is 11.3 Å². The molecule has 1 aliphatic heterocycles. The molecule has 1 saturated heterocycles. The van der Waals surface area contributed by atoms with E-state index in [0.29, 0.717) is 12.4 Å². The summed E-state index contributed by atoms with van der Waals surface area (Å²) in [5.74, 6) is -0.892. The minimum absolute atomic E-state index is 0.106. The second-order valence-electron chi connectivity index (χ2n) is 5.09. The Bertz CT molecular complexity index is 455. The van der Waals surface area contributed by atoms with Gasteiger partial charge < -0.3 is 19.8 Å². The molecule has 1 aromatic carbocycles. The quantitative estimate of drug-likeness (QED) is 0.782. The number of nitrogens with zero attached hydrogens (tertiary/aromatic N) is 1. The molecule has 5 nitrogen and oxygen atoms in total. The molecular weight excluding hydrogens is 258 g/mol. The van der Waals surface area contributed by atoms with Crippen LogP contribution in [0.5, 0.6) is 11.5 Å². The van der Waals surface area contributed by atoms with Crippen molar-refractivity contribution in [2.45, 2.75) is 25.7 Å². The van der Waals surface area contributed by atoms with Gasteiger partial charge in [-0.15, -0.1) is 0 Å². The van der Waals surface area contributed by atoms with Gasteiger partial charge in [0.1, 0.15) is 17.1 Å². The van der Waals surface area contributed by atoms with Crippen molar-refractivity contribution in [3.8, 4) is 11.5 Å². The molecule has 1 fully saturated rings. The summed E-state index contributed by atoms with van der Waals surface area (Å²) in [5, 5.41) is 18.4. The average molecular weight is 279 g/mol. The first-order valence-electron chi connectivity index (χ1n) is 7.08. The van der Waals surface area contributed by atoms with Crippen molar-refractivity contribution >= 4 is 5.97 Å². The standard InChI is InChI=1S/C15H21NO4/c17-14-11-12(5-6-13(14)15(18)19)20-10-4-9-16-7-2-1-3-8-16/h5-6,11,17H,1-4,7-10H2,(H,18,19). The van der Waals surface area contributed by atoms with Crippen molar-refractivity contribution in [3.05, 3.63) is 23.8 Å². The van der Waals surface area contributed by atoms with Gasteiger partial charge in [0.05, 0.1) is 6.61 Å². The molecular formula is C15H21NO4. The van der Waals surface area contributed by atoms with Gasteiger partial charge in [-0.05, 0) is 44.5 Å². The predicted octanol–water partition coefficient (Wildman–Crippen LogP) is 2.35. The Morgan fingerprint density at radius 3 is 2.65 bits per heavy atom. The molecule has 5 heteroatoms. The molecule has 0 amide bonds. The number of aromatic hydroxyl groups is 1. The highest BCUT2D eigenvalue weighted by molar-refractivity contribution is 5.90. The average Bonchev–Trinajstić information content (AvgIpc) is 2.44. The molecule has 0 unspecified atom stereocenters. The number of hydrogen-bond donors (Lipinski definition) is 2. The molecule has 20 heavy (non-hydrogen) atoms. The Morgan fingerprint density at radius 2 is 2.00 bits per heavy atom. The minimum Gasteiger partial charge on any atom is -0.507 e. The van der Waals surface area contributed by atoms with Crippen molar-refractivity contribution in [3.63, 3.8) is 0 Å². The zero-order valence-corrected chi connectivity index (χ0v) is 11.5. The van der Waals surface area contributed by atoms with Crippen molar-refractivity contribution in [1.82, 2.24) is 4.90 Å². The highest BCUT2D eigenvalue weighted by Gasteiger charge is 2.11. The number of benzene rings is 1. The normalized spacial score (nSPS) is 16.0. The SMILES string of the molecule is O=C(O)c1ccc(OCCCN2CCCCC2)cc1O. The van der Waals surface area contributed by atoms with Crippen molar-refractivity contribution < 1.29 is 19.7 Å². The highest BCUT2D eigenvalue weighted by atomic mass is 16.5. The van der Waals surface area contributed by atoms with Crippen LogP contribution in [0.2, 0.25) is 0 Å². The second-order valence-corrected chi connectivity index (χ2v) is 5.09. The van der Waals surface area contributed by atoms with Gasteiger partial charge in [-0.2, -0.15) is 0 Å². The van der Waals surface area contributed by atoms with E-state index in [0.717, 1.165) is 13.0 Å². The Morgan fingerprint density at radius 1 is 1.25 bits per heavy atom. The molecule has 0 spiro atoms. The number of likely N-dealkylation sites (tertiary alicyclic amines) is 1. The van der Waals surface area contributed by atoms with Crippen molar-refractivity contribution in [1.29, 1.82) is 0 Å². The molecule has 0 aliphatic carbocycles. The summed E-state index contributed by atoms with van der Waals surface area (Å²) in [4.78, 5) is 13.2. The first-order valence-corrected chi connectivity index (χ1v) is 7.08. The molecule has 0 aromatic heterocycles. The van der Waals surface area contributed by atoms with Gasteiger partial charge in [-0.1, -0.05) is 6.42 Å². The third kappa shape index (κ3) is 4.13. The number of ether oxygens (including phenoxy) is 1. The van der Waals surface area contributed by atoms with E-state index in [9.17, 15) is 9.90 Å². The summed E-state index contributed by atoms with van der Waals surface area (Å²) in [6, 6.07) is 4.28. The van der Waals surface area contributed by atoms with E-state index in [4.69, 9.17) is 9.84 Å². The van der Waals surface area contributed by atoms with Crippen LogP contribution in [0.3, 0.4) is 0 Å². The molecule has 1 heterocycles. The fraction of sp³-hybridized carbons (Fsp3) is 0.533. The molecule has 2 rings (SSSR count). The maximum absolute atomic E-state index is 10.8. The van der Waals surface area contributed by atoms with E-state index in [1.54, 1.807) is 6.07 Å². The van der Waals surface area contributed by atoms with Crippen LogP contribution >= 0.6 is 0 Å². The first-order chi connectivity index (χ1) is 9.66. The Kier molecular flexibility index (Phi) is 5.24. The van der Waals surface area contributed by atoms with Crippen LogP contribution < -0.4 is 4.74 Å². The molecule has 110 valence electrons. The number of rotatable bonds is 6. The third-order valence-corrected chi connectivity index (χ3v) is 3.54. The molecule has 0 saturated carbocycles. The first kappa shape index (κ1) is 14.7. The molecule has 2 N–H and O–H groups in total. The topological polar surface area (TPSA) is 70.0 Å². The van der Waals surface area contributed by atoms with E-state index >= 15 is 0 Å². The molecule has 0 radical (unpaired) electrons. The van der Waals surface area contributed by atoms with Crippen LogP contribution in [0.1, 0.15) is 36.0 Å². The van der Waals surface area contributed by atoms with Crippen molar-refractivity contribution in [2.75, 3.05) is 26.2 Å². The maximum Gasteiger partial charge on any atom is 0.339 e. The highest BCUT2D eigenvalue weighted by Crippen LogP contribution is 2.23. The van der Waals surface area contributed by atoms with Gasteiger partial charge in [-0.25, -0.2) is 4.79 Å². The van der Waals surface area contributed by atoms with Crippen LogP contribution in [0.25, 0.3) is 0 Å². The van der Waals surface area contributed by atoms with Crippen LogP contribution in [-0.4, -0.2) is 47.3 Å². The Balaban J connectivity index is 1.73. The summed E-state index contributed by atoms with van der Waals surface area (Å²) >= 11 is 0. The zero-order valence-electron chi connectivity index (χ0n) is 11.5. The van der Waals surface area contributed by atoms with Crippen molar-refractivity contribution in [2.24, 2.45) is 0 Å². The minimum atomic E-state index is -1.14. The number of hydrogen-bond acceptors (Lipinski definition) is 4. The van der Waals surface area contributed by atoms with E-state index < -0.39 is 5.97 Å². The Labute approximate surface area is 118 Å². The lowest BCUT2D eigenvalue weighted by Gasteiger charge is -2.26. The van der Waals surface area contributed by atoms with Crippen LogP contribution in [0.15, 0.2) is 18.2 Å². The molecule has 0 bridgehead atoms. The summed E-state index contributed by atoms with van der Waals surface area (Å²) in [7, 11) is 0. The fourth-order valence-electron chi connectivity index (χ4n) is 2.44. The zero-order chi connectivity index (χ0) is 14.4. The van der Waals surface area contributed by atoms with Gasteiger partial charge in [0.15, 0.2) is 0 Å². The third-order valence-electron chi connectivity index (χ3n) is 3.54. The Hall–Kier alpha value is -1.75. The second kappa shape index (κ2) is 7.14. The van der Waals surface area contributed by atoms with Gasteiger partial charge in [0.25, 0.3) is 0 Å². The van der Waals surface area contributed by atoms with E-state index in [1.807, 2.05) is 0 Å². The smallest absolute Gasteiger partial charge is 0.339 e. The van der Waals surface area contributed by atoms with Crippen LogP contribution in [0, 0.1) is 0 Å². The number of carbonyl (C=O) groups is 1. The fourth-order valence-corrected chi connectivity index (χ4v) is 2.44. The summed E-state index contributed by atoms with van der Waals surface area (Å²) in [6.07, 6.45) is 4.83. The number of phenols is 1. The largest absolute Gasteiger partial charge is 0.507 e. The van der Waals surface area contributed by atoms with Crippen LogP contribution in [-0.2, 0) is 0 Å². The number of piperidine rings is 1. The van der Waals surface area contributed by atoms with Crippen LogP contribution in [0.4, 0.5) is 0 Å². The number of aromatic carboxylic acids is 1. The van der Waals surface area contributed by atoms with E-state index in [2.05, 4.69) is 4.90 Å². The predicted molar refractivity (Wildman–Crippen MR) is 75.5 cm³/mol. The monoisotopic (exact) mass is 279 g/mol.